The van der Waals surface area contributed by atoms with Crippen LogP contribution in [0.2, 0.25) is 0 Å². The van der Waals surface area contributed by atoms with Crippen LogP contribution in [0.3, 0.4) is 0 Å². The predicted octanol–water partition coefficient (Wildman–Crippen LogP) is 3.84. The van der Waals surface area contributed by atoms with Crippen LogP contribution in [0.15, 0.2) is 55.1 Å². The highest BCUT2D eigenvalue weighted by Crippen LogP contribution is 2.36. The monoisotopic (exact) mass is 458 g/mol. The van der Waals surface area contributed by atoms with Gasteiger partial charge in [-0.3, -0.25) is 4.57 Å². The van der Waals surface area contributed by atoms with E-state index in [0.29, 0.717) is 43.5 Å². The minimum Gasteiger partial charge on any atom is -0.378 e. The lowest BCUT2D eigenvalue weighted by molar-refractivity contribution is 0.122. The Morgan fingerprint density at radius 1 is 1.06 bits per heavy atom. The summed E-state index contributed by atoms with van der Waals surface area (Å²) < 4.78 is 22.9. The summed E-state index contributed by atoms with van der Waals surface area (Å²) in [4.78, 5) is 22.9. The molecule has 0 bridgehead atoms. The smallest absolute Gasteiger partial charge is 0.182 e. The lowest BCUT2D eigenvalue weighted by atomic mass is 10.2. The standard InChI is InChI=1S/C24H23FN8O/c1-15(30-23-19-22(27-13-26-19)28-14-29-23)24-31-18-8-7-17(25)20(32-9-11-34-12-10-32)21(18)33(24)16-5-3-2-4-6-16/h2-8,13-15H,9-12H2,1H3,(H2,26,27,28,29,30)/t15-/m0/s1. The van der Waals surface area contributed by atoms with E-state index < -0.39 is 0 Å². The van der Waals surface area contributed by atoms with E-state index in [9.17, 15) is 0 Å². The number of morpholine rings is 1. The summed E-state index contributed by atoms with van der Waals surface area (Å²) in [5, 5.41) is 3.44. The van der Waals surface area contributed by atoms with Gasteiger partial charge in [0.2, 0.25) is 0 Å². The Kier molecular flexibility index (Phi) is 5.06. The zero-order valence-electron chi connectivity index (χ0n) is 18.6. The first-order valence-corrected chi connectivity index (χ1v) is 11.2. The molecule has 0 amide bonds. The molecule has 0 aliphatic carbocycles. The molecule has 34 heavy (non-hydrogen) atoms. The number of fused-ring (bicyclic) bond motifs is 2. The van der Waals surface area contributed by atoms with Crippen molar-refractivity contribution in [2.75, 3.05) is 36.5 Å². The molecule has 10 heteroatoms. The molecular weight excluding hydrogens is 435 g/mol. The molecule has 9 nitrogen and oxygen atoms in total. The van der Waals surface area contributed by atoms with Crippen LogP contribution in [-0.2, 0) is 4.74 Å². The molecular formula is C24H23FN8O. The molecule has 0 saturated carbocycles. The summed E-state index contributed by atoms with van der Waals surface area (Å²) in [6, 6.07) is 12.9. The highest BCUT2D eigenvalue weighted by molar-refractivity contribution is 5.92. The van der Waals surface area contributed by atoms with Crippen molar-refractivity contribution in [2.24, 2.45) is 0 Å². The number of para-hydroxylation sites is 1. The van der Waals surface area contributed by atoms with Gasteiger partial charge in [0.15, 0.2) is 11.5 Å². The molecule has 0 spiro atoms. The number of aromatic amines is 1. The molecule has 0 unspecified atom stereocenters. The van der Waals surface area contributed by atoms with Gasteiger partial charge in [0.25, 0.3) is 0 Å². The van der Waals surface area contributed by atoms with E-state index >= 15 is 4.39 Å². The molecule has 3 aromatic heterocycles. The van der Waals surface area contributed by atoms with Gasteiger partial charge in [0.05, 0.1) is 42.3 Å². The number of aromatic nitrogens is 6. The van der Waals surface area contributed by atoms with E-state index in [2.05, 4.69) is 25.3 Å². The molecule has 1 aliphatic heterocycles. The summed E-state index contributed by atoms with van der Waals surface area (Å²) in [6.45, 7) is 4.38. The summed E-state index contributed by atoms with van der Waals surface area (Å²) in [5.41, 5.74) is 4.22. The fraction of sp³-hybridized carbons (Fsp3) is 0.250. The lowest BCUT2D eigenvalue weighted by Crippen LogP contribution is -2.37. The molecule has 5 aromatic rings. The van der Waals surface area contributed by atoms with Crippen LogP contribution in [0.25, 0.3) is 27.9 Å². The minimum absolute atomic E-state index is 0.255. The third-order valence-corrected chi connectivity index (χ3v) is 6.07. The summed E-state index contributed by atoms with van der Waals surface area (Å²) >= 11 is 0. The van der Waals surface area contributed by atoms with Crippen molar-refractivity contribution >= 4 is 33.7 Å². The van der Waals surface area contributed by atoms with Crippen molar-refractivity contribution < 1.29 is 9.13 Å². The Morgan fingerprint density at radius 3 is 2.71 bits per heavy atom. The predicted molar refractivity (Wildman–Crippen MR) is 128 cm³/mol. The Morgan fingerprint density at radius 2 is 1.88 bits per heavy atom. The zero-order chi connectivity index (χ0) is 23.1. The normalized spacial score (nSPS) is 15.2. The van der Waals surface area contributed by atoms with E-state index in [0.717, 1.165) is 28.1 Å². The number of rotatable bonds is 5. The van der Waals surface area contributed by atoms with Crippen LogP contribution in [0.1, 0.15) is 18.8 Å². The maximum Gasteiger partial charge on any atom is 0.182 e. The van der Waals surface area contributed by atoms with E-state index in [-0.39, 0.29) is 11.9 Å². The Hall–Kier alpha value is -4.05. The van der Waals surface area contributed by atoms with Crippen LogP contribution in [0, 0.1) is 5.82 Å². The SMILES string of the molecule is C[C@H](Nc1ncnc2nc[nH]c12)c1nc2ccc(F)c(N3CCOCC3)c2n1-c1ccccc1. The maximum atomic E-state index is 15.3. The Balaban J connectivity index is 1.53. The second kappa shape index (κ2) is 8.38. The van der Waals surface area contributed by atoms with Gasteiger partial charge in [-0.25, -0.2) is 24.3 Å². The molecule has 0 radical (unpaired) electrons. The average Bonchev–Trinajstić information content (AvgIpc) is 3.51. The topological polar surface area (TPSA) is 96.8 Å². The van der Waals surface area contributed by atoms with Crippen molar-refractivity contribution in [3.63, 3.8) is 0 Å². The number of anilines is 2. The molecule has 4 heterocycles. The zero-order valence-corrected chi connectivity index (χ0v) is 18.6. The van der Waals surface area contributed by atoms with E-state index in [1.54, 1.807) is 12.4 Å². The average molecular weight is 459 g/mol. The van der Waals surface area contributed by atoms with Gasteiger partial charge in [-0.05, 0) is 31.2 Å². The van der Waals surface area contributed by atoms with Crippen molar-refractivity contribution in [2.45, 2.75) is 13.0 Å². The van der Waals surface area contributed by atoms with Gasteiger partial charge in [-0.15, -0.1) is 0 Å². The van der Waals surface area contributed by atoms with Gasteiger partial charge >= 0.3 is 0 Å². The van der Waals surface area contributed by atoms with E-state index in [4.69, 9.17) is 9.72 Å². The Bertz CT molecular complexity index is 1460. The first-order chi connectivity index (χ1) is 16.7. The fourth-order valence-corrected chi connectivity index (χ4v) is 4.50. The van der Waals surface area contributed by atoms with Crippen LogP contribution < -0.4 is 10.2 Å². The Labute approximate surface area is 194 Å². The molecule has 1 atom stereocenters. The summed E-state index contributed by atoms with van der Waals surface area (Å²) in [6.07, 6.45) is 3.07. The molecule has 172 valence electrons. The number of ether oxygens (including phenoxy) is 1. The highest BCUT2D eigenvalue weighted by atomic mass is 19.1. The maximum absolute atomic E-state index is 15.3. The van der Waals surface area contributed by atoms with Gasteiger partial charge in [0, 0.05) is 18.8 Å². The third kappa shape index (κ3) is 3.43. The number of halogens is 1. The minimum atomic E-state index is -0.270. The van der Waals surface area contributed by atoms with E-state index in [1.807, 2.05) is 46.7 Å². The molecule has 6 rings (SSSR count). The third-order valence-electron chi connectivity index (χ3n) is 6.07. The number of H-pyrrole nitrogens is 1. The first-order valence-electron chi connectivity index (χ1n) is 11.2. The van der Waals surface area contributed by atoms with Crippen LogP contribution in [-0.4, -0.2) is 55.8 Å². The molecule has 2 N–H and O–H groups in total. The first kappa shape index (κ1) is 20.5. The van der Waals surface area contributed by atoms with Gasteiger partial charge < -0.3 is 19.9 Å². The quantitative estimate of drug-likeness (QED) is 0.413. The number of nitrogens with zero attached hydrogens (tertiary/aromatic N) is 6. The largest absolute Gasteiger partial charge is 0.378 e. The summed E-state index contributed by atoms with van der Waals surface area (Å²) in [5.74, 6) is 1.10. The number of hydrogen-bond acceptors (Lipinski definition) is 7. The van der Waals surface area contributed by atoms with Crippen molar-refractivity contribution in [1.82, 2.24) is 29.5 Å². The van der Waals surface area contributed by atoms with Crippen LogP contribution in [0.4, 0.5) is 15.9 Å². The summed E-state index contributed by atoms with van der Waals surface area (Å²) in [7, 11) is 0. The van der Waals surface area contributed by atoms with Crippen LogP contribution in [0.5, 0.6) is 0 Å². The molecule has 1 aliphatic rings. The second-order valence-electron chi connectivity index (χ2n) is 8.19. The second-order valence-corrected chi connectivity index (χ2v) is 8.19. The number of nitrogens with one attached hydrogen (secondary N) is 2. The fourth-order valence-electron chi connectivity index (χ4n) is 4.50. The number of hydrogen-bond donors (Lipinski definition) is 2. The lowest BCUT2D eigenvalue weighted by Gasteiger charge is -2.30. The molecule has 1 saturated heterocycles. The van der Waals surface area contributed by atoms with Crippen molar-refractivity contribution in [1.29, 1.82) is 0 Å². The number of imidazole rings is 2. The van der Waals surface area contributed by atoms with Crippen LogP contribution >= 0.6 is 0 Å². The van der Waals surface area contributed by atoms with Gasteiger partial charge in [-0.2, -0.15) is 0 Å². The van der Waals surface area contributed by atoms with Crippen molar-refractivity contribution in [3.8, 4) is 5.69 Å². The molecule has 2 aromatic carbocycles. The molecule has 1 fully saturated rings. The van der Waals surface area contributed by atoms with Gasteiger partial charge in [-0.1, -0.05) is 18.2 Å². The van der Waals surface area contributed by atoms with Gasteiger partial charge in [0.1, 0.15) is 23.5 Å². The van der Waals surface area contributed by atoms with Crippen molar-refractivity contribution in [3.05, 3.63) is 66.8 Å². The number of benzene rings is 2. The highest BCUT2D eigenvalue weighted by Gasteiger charge is 2.26. The van der Waals surface area contributed by atoms with E-state index in [1.165, 1.54) is 12.4 Å².